The third-order valence-corrected chi connectivity index (χ3v) is 5.70. The van der Waals surface area contributed by atoms with Gasteiger partial charge in [-0.2, -0.15) is 0 Å². The molecule has 1 unspecified atom stereocenters. The Labute approximate surface area is 159 Å². The number of thiazole rings is 1. The first-order valence-corrected chi connectivity index (χ1v) is 9.19. The summed E-state index contributed by atoms with van der Waals surface area (Å²) in [6.07, 6.45) is 1.73. The number of nitrogens with two attached hydrogens (primary N) is 1. The van der Waals surface area contributed by atoms with Gasteiger partial charge in [-0.15, -0.1) is 0 Å². The molecule has 2 aromatic heterocycles. The van der Waals surface area contributed by atoms with E-state index < -0.39 is 5.60 Å². The van der Waals surface area contributed by atoms with Gasteiger partial charge in [0, 0.05) is 31.1 Å². The van der Waals surface area contributed by atoms with E-state index in [2.05, 4.69) is 26.8 Å². The zero-order chi connectivity index (χ0) is 19.2. The number of anilines is 1. The molecule has 0 saturated carbocycles. The maximum absolute atomic E-state index is 12.1. The van der Waals surface area contributed by atoms with Crippen LogP contribution < -0.4 is 5.73 Å². The molecule has 3 aromatic rings. The fraction of sp³-hybridized carbons (Fsp3) is 0.263. The highest BCUT2D eigenvalue weighted by molar-refractivity contribution is 7.21. The summed E-state index contributed by atoms with van der Waals surface area (Å²) < 4.78 is 0. The second-order valence-corrected chi connectivity index (χ2v) is 7.47. The van der Waals surface area contributed by atoms with Crippen LogP contribution in [0.1, 0.15) is 17.5 Å². The van der Waals surface area contributed by atoms with Crippen molar-refractivity contribution in [1.29, 1.82) is 0 Å². The Bertz CT molecular complexity index is 1130. The molecule has 0 bridgehead atoms. The number of hydrogen-bond acceptors (Lipinski definition) is 7. The van der Waals surface area contributed by atoms with Gasteiger partial charge in [-0.25, -0.2) is 15.0 Å². The van der Waals surface area contributed by atoms with Gasteiger partial charge in [0.2, 0.25) is 5.60 Å². The first kappa shape index (κ1) is 17.4. The van der Waals surface area contributed by atoms with Crippen molar-refractivity contribution < 1.29 is 9.90 Å². The third-order valence-electron chi connectivity index (χ3n) is 4.70. The summed E-state index contributed by atoms with van der Waals surface area (Å²) in [5, 5.41) is 11.3. The molecule has 8 heteroatoms. The van der Waals surface area contributed by atoms with E-state index in [1.54, 1.807) is 7.05 Å². The van der Waals surface area contributed by atoms with Gasteiger partial charge < -0.3 is 15.7 Å². The summed E-state index contributed by atoms with van der Waals surface area (Å²) in [6, 6.07) is 5.69. The van der Waals surface area contributed by atoms with Crippen molar-refractivity contribution in [2.24, 2.45) is 0 Å². The molecule has 1 saturated heterocycles. The van der Waals surface area contributed by atoms with Crippen molar-refractivity contribution in [3.63, 3.8) is 0 Å². The summed E-state index contributed by atoms with van der Waals surface area (Å²) in [7, 11) is 1.66. The Morgan fingerprint density at radius 2 is 2.19 bits per heavy atom. The van der Waals surface area contributed by atoms with E-state index in [4.69, 9.17) is 5.73 Å². The van der Waals surface area contributed by atoms with Gasteiger partial charge in [-0.05, 0) is 18.6 Å². The number of likely N-dealkylation sites (N-methyl/N-ethyl adjacent to an activating group) is 1. The van der Waals surface area contributed by atoms with E-state index in [-0.39, 0.29) is 5.91 Å². The fourth-order valence-corrected chi connectivity index (χ4v) is 4.03. The number of aromatic nitrogens is 3. The molecular formula is C19H17N5O2S. The molecule has 136 valence electrons. The Hall–Kier alpha value is -3.02. The van der Waals surface area contributed by atoms with Crippen LogP contribution in [0.2, 0.25) is 0 Å². The van der Waals surface area contributed by atoms with Gasteiger partial charge >= 0.3 is 0 Å². The Morgan fingerprint density at radius 1 is 1.37 bits per heavy atom. The molecule has 1 aromatic carbocycles. The van der Waals surface area contributed by atoms with E-state index in [0.29, 0.717) is 24.3 Å². The fourth-order valence-electron chi connectivity index (χ4n) is 3.03. The molecule has 0 aliphatic carbocycles. The highest BCUT2D eigenvalue weighted by atomic mass is 32.1. The van der Waals surface area contributed by atoms with Crippen LogP contribution in [-0.4, -0.2) is 50.1 Å². The highest BCUT2D eigenvalue weighted by Gasteiger charge is 2.42. The number of benzene rings is 1. The van der Waals surface area contributed by atoms with Gasteiger partial charge in [-0.3, -0.25) is 4.79 Å². The molecule has 0 radical (unpaired) electrons. The molecule has 1 fully saturated rings. The first-order valence-electron chi connectivity index (χ1n) is 8.37. The maximum atomic E-state index is 12.1. The minimum absolute atomic E-state index is 0.309. The summed E-state index contributed by atoms with van der Waals surface area (Å²) in [4.78, 5) is 27.1. The summed E-state index contributed by atoms with van der Waals surface area (Å²) in [5.41, 5.74) is 7.41. The zero-order valence-corrected chi connectivity index (χ0v) is 15.7. The first-order chi connectivity index (χ1) is 12.9. The van der Waals surface area contributed by atoms with Crippen LogP contribution in [-0.2, 0) is 4.79 Å². The predicted octanol–water partition coefficient (Wildman–Crippen LogP) is 1.59. The number of likely N-dealkylation sites (tertiary alicyclic amines) is 1. The summed E-state index contributed by atoms with van der Waals surface area (Å²) >= 11 is 1.43. The van der Waals surface area contributed by atoms with Crippen molar-refractivity contribution in [2.75, 3.05) is 19.3 Å². The molecule has 3 N–H and O–H groups in total. The molecule has 1 aliphatic rings. The van der Waals surface area contributed by atoms with E-state index >= 15 is 0 Å². The van der Waals surface area contributed by atoms with Crippen molar-refractivity contribution >= 4 is 33.4 Å². The molecule has 4 rings (SSSR count). The largest absolute Gasteiger partial charge is 0.382 e. The highest BCUT2D eigenvalue weighted by Crippen LogP contribution is 2.33. The van der Waals surface area contributed by atoms with Gasteiger partial charge in [0.25, 0.3) is 5.91 Å². The third kappa shape index (κ3) is 2.91. The van der Waals surface area contributed by atoms with Crippen molar-refractivity contribution in [3.05, 3.63) is 35.7 Å². The lowest BCUT2D eigenvalue weighted by atomic mass is 9.99. The van der Waals surface area contributed by atoms with Gasteiger partial charge in [0.05, 0.1) is 0 Å². The normalized spacial score (nSPS) is 19.4. The van der Waals surface area contributed by atoms with Crippen LogP contribution >= 0.6 is 11.3 Å². The minimum atomic E-state index is -1.61. The van der Waals surface area contributed by atoms with E-state index in [0.717, 1.165) is 26.5 Å². The lowest BCUT2D eigenvalue weighted by Crippen LogP contribution is -2.37. The quantitative estimate of drug-likeness (QED) is 0.622. The Morgan fingerprint density at radius 3 is 2.89 bits per heavy atom. The number of carbonyl (C=O) groups excluding carboxylic acids is 1. The second kappa shape index (κ2) is 6.30. The number of fused-ring (bicyclic) bond motifs is 1. The molecule has 27 heavy (non-hydrogen) atoms. The number of nitrogen functional groups attached to an aromatic ring is 1. The van der Waals surface area contributed by atoms with Crippen LogP contribution in [0.15, 0.2) is 24.5 Å². The number of amides is 1. The molecule has 7 nitrogen and oxygen atoms in total. The van der Waals surface area contributed by atoms with E-state index in [1.807, 2.05) is 25.1 Å². The van der Waals surface area contributed by atoms with Gasteiger partial charge in [-0.1, -0.05) is 35.3 Å². The maximum Gasteiger partial charge on any atom is 0.267 e. The minimum Gasteiger partial charge on any atom is -0.382 e. The molecule has 1 amide bonds. The topological polar surface area (TPSA) is 105 Å². The van der Waals surface area contributed by atoms with Crippen LogP contribution in [0, 0.1) is 18.8 Å². The van der Waals surface area contributed by atoms with Crippen LogP contribution in [0.3, 0.4) is 0 Å². The van der Waals surface area contributed by atoms with Crippen molar-refractivity contribution in [1.82, 2.24) is 19.9 Å². The van der Waals surface area contributed by atoms with Crippen molar-refractivity contribution in [2.45, 2.75) is 18.9 Å². The lowest BCUT2D eigenvalue weighted by Gasteiger charge is -2.13. The van der Waals surface area contributed by atoms with Crippen molar-refractivity contribution in [3.8, 4) is 22.4 Å². The smallest absolute Gasteiger partial charge is 0.267 e. The number of nitrogens with zero attached hydrogens (tertiary/aromatic N) is 4. The molecule has 1 aliphatic heterocycles. The van der Waals surface area contributed by atoms with Gasteiger partial charge in [0.1, 0.15) is 21.7 Å². The monoisotopic (exact) mass is 379 g/mol. The van der Waals surface area contributed by atoms with Gasteiger partial charge in [0.15, 0.2) is 5.82 Å². The second-order valence-electron chi connectivity index (χ2n) is 6.50. The van der Waals surface area contributed by atoms with E-state index in [1.165, 1.54) is 22.6 Å². The number of rotatable bonds is 1. The van der Waals surface area contributed by atoms with Crippen LogP contribution in [0.4, 0.5) is 5.82 Å². The van der Waals surface area contributed by atoms with Crippen LogP contribution in [0.5, 0.6) is 0 Å². The molecule has 3 heterocycles. The molecular weight excluding hydrogens is 362 g/mol. The summed E-state index contributed by atoms with van der Waals surface area (Å²) in [5.74, 6) is 5.73. The number of hydrogen-bond donors (Lipinski definition) is 2. The lowest BCUT2D eigenvalue weighted by molar-refractivity contribution is -0.137. The van der Waals surface area contributed by atoms with E-state index in [9.17, 15) is 9.90 Å². The molecule has 0 spiro atoms. The summed E-state index contributed by atoms with van der Waals surface area (Å²) in [6.45, 7) is 2.43. The SMILES string of the molecule is Cc1c(C#CC2(O)CCN(C)C2=O)cccc1-c1nc2c(N)ncnc2s1. The standard InChI is InChI=1S/C19H17N5O2S/c1-11-12(6-7-19(26)8-9-24(2)18(19)25)4-3-5-13(11)16-23-14-15(20)21-10-22-17(14)27-16/h3-5,10,26H,8-9H2,1-2H3,(H2,20,21,22). The molecule has 1 atom stereocenters. The number of aliphatic hydroxyl groups is 1. The van der Waals surface area contributed by atoms with Crippen LogP contribution in [0.25, 0.3) is 20.9 Å². The Kier molecular flexibility index (Phi) is 4.06. The Balaban J connectivity index is 1.75. The average molecular weight is 379 g/mol. The number of carbonyl (C=O) groups is 1. The average Bonchev–Trinajstić information content (AvgIpc) is 3.19. The predicted molar refractivity (Wildman–Crippen MR) is 104 cm³/mol. The zero-order valence-electron chi connectivity index (χ0n) is 14.9.